The van der Waals surface area contributed by atoms with Gasteiger partial charge in [-0.15, -0.1) is 0 Å². The van der Waals surface area contributed by atoms with Crippen molar-refractivity contribution < 1.29 is 18.3 Å². The van der Waals surface area contributed by atoms with Crippen molar-refractivity contribution in [3.8, 4) is 0 Å². The average molecular weight is 298 g/mol. The van der Waals surface area contributed by atoms with Gasteiger partial charge in [0.15, 0.2) is 0 Å². The highest BCUT2D eigenvalue weighted by atomic mass is 19.1. The third-order valence-electron chi connectivity index (χ3n) is 3.61. The van der Waals surface area contributed by atoms with Gasteiger partial charge in [0.25, 0.3) is 5.91 Å². The van der Waals surface area contributed by atoms with E-state index in [9.17, 15) is 13.6 Å². The number of amides is 1. The Kier molecular flexibility index (Phi) is 5.64. The van der Waals surface area contributed by atoms with Gasteiger partial charge >= 0.3 is 0 Å². The number of hydrogen-bond donors (Lipinski definition) is 1. The molecule has 6 heteroatoms. The lowest BCUT2D eigenvalue weighted by Gasteiger charge is -2.32. The van der Waals surface area contributed by atoms with Crippen LogP contribution in [0.3, 0.4) is 0 Å². The van der Waals surface area contributed by atoms with Gasteiger partial charge in [-0.25, -0.2) is 8.78 Å². The molecular formula is C15H20F2N2O2. The third-order valence-corrected chi connectivity index (χ3v) is 3.61. The smallest absolute Gasteiger partial charge is 0.259 e. The molecule has 1 amide bonds. The molecule has 0 saturated carbocycles. The number of nitrogens with zero attached hydrogens (tertiary/aromatic N) is 1. The summed E-state index contributed by atoms with van der Waals surface area (Å²) in [5.74, 6) is -2.23. The molecule has 0 bridgehead atoms. The van der Waals surface area contributed by atoms with Gasteiger partial charge in [-0.1, -0.05) is 6.07 Å². The fourth-order valence-electron chi connectivity index (χ4n) is 2.42. The van der Waals surface area contributed by atoms with Crippen molar-refractivity contribution in [2.75, 3.05) is 26.2 Å². The van der Waals surface area contributed by atoms with Gasteiger partial charge in [-0.3, -0.25) is 4.79 Å². The molecule has 0 aliphatic carbocycles. The molecule has 1 aromatic rings. The van der Waals surface area contributed by atoms with Gasteiger partial charge in [0.1, 0.15) is 17.2 Å². The molecule has 1 aliphatic heterocycles. The van der Waals surface area contributed by atoms with Crippen LogP contribution in [0.2, 0.25) is 0 Å². The number of nitrogens with two attached hydrogens (primary N) is 1. The minimum atomic E-state index is -0.818. The van der Waals surface area contributed by atoms with Crippen molar-refractivity contribution in [2.24, 2.45) is 5.73 Å². The first-order valence-electron chi connectivity index (χ1n) is 7.18. The number of carbonyl (C=O) groups excluding carboxylic acids is 1. The summed E-state index contributed by atoms with van der Waals surface area (Å²) in [5, 5.41) is 0. The molecule has 21 heavy (non-hydrogen) atoms. The largest absolute Gasteiger partial charge is 0.378 e. The molecule has 0 atom stereocenters. The van der Waals surface area contributed by atoms with Gasteiger partial charge in [0.2, 0.25) is 0 Å². The van der Waals surface area contributed by atoms with Crippen LogP contribution in [0, 0.1) is 11.6 Å². The summed E-state index contributed by atoms with van der Waals surface area (Å²) < 4.78 is 32.9. The summed E-state index contributed by atoms with van der Waals surface area (Å²) in [6.07, 6.45) is 2.24. The maximum Gasteiger partial charge on any atom is 0.259 e. The number of hydrogen-bond acceptors (Lipinski definition) is 3. The zero-order valence-corrected chi connectivity index (χ0v) is 11.9. The molecule has 1 aromatic carbocycles. The Labute approximate surface area is 122 Å². The van der Waals surface area contributed by atoms with Crippen LogP contribution in [0.4, 0.5) is 8.78 Å². The standard InChI is InChI=1S/C15H20F2N2O2/c16-12-3-1-4-13(17)14(12)15(20)19-8-5-11(6-9-19)21-10-2-7-18/h1,3-4,11H,2,5-10,18H2. The lowest BCUT2D eigenvalue weighted by atomic mass is 10.1. The van der Waals surface area contributed by atoms with Crippen LogP contribution in [0.1, 0.15) is 29.6 Å². The molecular weight excluding hydrogens is 278 g/mol. The van der Waals surface area contributed by atoms with Gasteiger partial charge < -0.3 is 15.4 Å². The maximum atomic E-state index is 13.6. The van der Waals surface area contributed by atoms with E-state index in [1.807, 2.05) is 0 Å². The summed E-state index contributed by atoms with van der Waals surface area (Å²) in [7, 11) is 0. The first kappa shape index (κ1) is 15.9. The Morgan fingerprint density at radius 3 is 2.48 bits per heavy atom. The molecule has 1 fully saturated rings. The topological polar surface area (TPSA) is 55.6 Å². The number of carbonyl (C=O) groups is 1. The fraction of sp³-hybridized carbons (Fsp3) is 0.533. The molecule has 0 unspecified atom stereocenters. The molecule has 2 rings (SSSR count). The quantitative estimate of drug-likeness (QED) is 0.845. The first-order valence-corrected chi connectivity index (χ1v) is 7.18. The Morgan fingerprint density at radius 2 is 1.90 bits per heavy atom. The summed E-state index contributed by atoms with van der Waals surface area (Å²) in [4.78, 5) is 13.7. The van der Waals surface area contributed by atoms with Crippen molar-refractivity contribution >= 4 is 5.91 Å². The second kappa shape index (κ2) is 7.47. The van der Waals surface area contributed by atoms with E-state index in [2.05, 4.69) is 0 Å². The van der Waals surface area contributed by atoms with E-state index >= 15 is 0 Å². The minimum absolute atomic E-state index is 0.0890. The summed E-state index contributed by atoms with van der Waals surface area (Å²) in [6, 6.07) is 3.44. The van der Waals surface area contributed by atoms with Crippen molar-refractivity contribution in [3.63, 3.8) is 0 Å². The predicted octanol–water partition coefficient (Wildman–Crippen LogP) is 1.93. The van der Waals surface area contributed by atoms with E-state index in [1.54, 1.807) is 0 Å². The van der Waals surface area contributed by atoms with E-state index in [0.717, 1.165) is 18.6 Å². The number of benzene rings is 1. The van der Waals surface area contributed by atoms with Gasteiger partial charge in [-0.05, 0) is 37.9 Å². The maximum absolute atomic E-state index is 13.6. The highest BCUT2D eigenvalue weighted by Crippen LogP contribution is 2.19. The lowest BCUT2D eigenvalue weighted by molar-refractivity contribution is 0.00822. The van der Waals surface area contributed by atoms with Crippen molar-refractivity contribution in [3.05, 3.63) is 35.4 Å². The van der Waals surface area contributed by atoms with Gasteiger partial charge in [-0.2, -0.15) is 0 Å². The highest BCUT2D eigenvalue weighted by molar-refractivity contribution is 5.94. The number of rotatable bonds is 5. The van der Waals surface area contributed by atoms with Crippen LogP contribution in [0.5, 0.6) is 0 Å². The van der Waals surface area contributed by atoms with E-state index in [-0.39, 0.29) is 6.10 Å². The van der Waals surface area contributed by atoms with E-state index in [1.165, 1.54) is 11.0 Å². The zero-order chi connectivity index (χ0) is 15.2. The van der Waals surface area contributed by atoms with E-state index < -0.39 is 23.1 Å². The van der Waals surface area contributed by atoms with Crippen LogP contribution in [0.15, 0.2) is 18.2 Å². The number of halogens is 2. The molecule has 2 N–H and O–H groups in total. The second-order valence-corrected chi connectivity index (χ2v) is 5.10. The van der Waals surface area contributed by atoms with Crippen LogP contribution < -0.4 is 5.73 Å². The van der Waals surface area contributed by atoms with E-state index in [4.69, 9.17) is 10.5 Å². The molecule has 116 valence electrons. The van der Waals surface area contributed by atoms with Crippen LogP contribution >= 0.6 is 0 Å². The Morgan fingerprint density at radius 1 is 1.29 bits per heavy atom. The van der Waals surface area contributed by atoms with Crippen LogP contribution in [-0.2, 0) is 4.74 Å². The van der Waals surface area contributed by atoms with Crippen LogP contribution in [-0.4, -0.2) is 43.2 Å². The normalized spacial score (nSPS) is 16.2. The summed E-state index contributed by atoms with van der Waals surface area (Å²) in [5.41, 5.74) is 4.92. The van der Waals surface area contributed by atoms with E-state index in [0.29, 0.717) is 39.1 Å². The monoisotopic (exact) mass is 298 g/mol. The molecule has 0 spiro atoms. The molecule has 1 aliphatic rings. The third kappa shape index (κ3) is 3.98. The zero-order valence-electron chi connectivity index (χ0n) is 11.9. The molecule has 1 saturated heterocycles. The number of likely N-dealkylation sites (tertiary alicyclic amines) is 1. The van der Waals surface area contributed by atoms with Gasteiger partial charge in [0, 0.05) is 19.7 Å². The fourth-order valence-corrected chi connectivity index (χ4v) is 2.42. The van der Waals surface area contributed by atoms with Crippen LogP contribution in [0.25, 0.3) is 0 Å². The van der Waals surface area contributed by atoms with Crippen molar-refractivity contribution in [1.29, 1.82) is 0 Å². The second-order valence-electron chi connectivity index (χ2n) is 5.10. The van der Waals surface area contributed by atoms with Gasteiger partial charge in [0.05, 0.1) is 6.10 Å². The number of piperidine rings is 1. The molecule has 4 nitrogen and oxygen atoms in total. The van der Waals surface area contributed by atoms with Crippen molar-refractivity contribution in [2.45, 2.75) is 25.4 Å². The Balaban J connectivity index is 1.91. The lowest BCUT2D eigenvalue weighted by Crippen LogP contribution is -2.41. The average Bonchev–Trinajstić information content (AvgIpc) is 2.48. The first-order chi connectivity index (χ1) is 10.1. The summed E-state index contributed by atoms with van der Waals surface area (Å²) >= 11 is 0. The molecule has 0 aromatic heterocycles. The summed E-state index contributed by atoms with van der Waals surface area (Å²) in [6.45, 7) is 2.08. The molecule has 0 radical (unpaired) electrons. The van der Waals surface area contributed by atoms with Crippen molar-refractivity contribution in [1.82, 2.24) is 4.90 Å². The highest BCUT2D eigenvalue weighted by Gasteiger charge is 2.27. The Bertz CT molecular complexity index is 468. The molecule has 1 heterocycles. The SMILES string of the molecule is NCCCOC1CCN(C(=O)c2c(F)cccc2F)CC1. The Hall–Kier alpha value is -1.53. The number of ether oxygens (including phenoxy) is 1. The minimum Gasteiger partial charge on any atom is -0.378 e. The predicted molar refractivity (Wildman–Crippen MR) is 74.9 cm³/mol.